The average molecular weight is 312 g/mol. The lowest BCUT2D eigenvalue weighted by atomic mass is 9.70. The van der Waals surface area contributed by atoms with Crippen molar-refractivity contribution in [1.29, 1.82) is 0 Å². The average Bonchev–Trinajstić information content (AvgIpc) is 3.25. The molecule has 4 aliphatic heterocycles. The fourth-order valence-corrected chi connectivity index (χ4v) is 5.07. The van der Waals surface area contributed by atoms with Gasteiger partial charge in [0.25, 0.3) is 0 Å². The van der Waals surface area contributed by atoms with Gasteiger partial charge in [0.1, 0.15) is 0 Å². The van der Waals surface area contributed by atoms with Gasteiger partial charge in [-0.1, -0.05) is 6.42 Å². The molecule has 0 N–H and O–H groups in total. The third kappa shape index (κ3) is 1.95. The van der Waals surface area contributed by atoms with E-state index < -0.39 is 11.6 Å². The second kappa shape index (κ2) is 5.13. The summed E-state index contributed by atoms with van der Waals surface area (Å²) in [5.74, 6) is -0.493. The van der Waals surface area contributed by atoms with Crippen LogP contribution in [-0.4, -0.2) is 57.0 Å². The molecule has 4 saturated heterocycles. The molecule has 5 aliphatic rings. The largest absolute Gasteiger partial charge is 0.347 e. The Hall–Kier alpha value is -0.240. The Morgan fingerprint density at radius 2 is 1.55 bits per heavy atom. The molecule has 1 saturated carbocycles. The van der Waals surface area contributed by atoms with E-state index in [0.717, 1.165) is 19.3 Å². The lowest BCUT2D eigenvalue weighted by molar-refractivity contribution is -0.327. The summed E-state index contributed by atoms with van der Waals surface area (Å²) < 4.78 is 36.0. The van der Waals surface area contributed by atoms with Crippen LogP contribution in [0.25, 0.3) is 0 Å². The van der Waals surface area contributed by atoms with E-state index in [1.807, 2.05) is 0 Å². The smallest absolute Gasteiger partial charge is 0.221 e. The molecule has 5 fully saturated rings. The zero-order valence-corrected chi connectivity index (χ0v) is 12.8. The molecule has 1 aliphatic carbocycles. The van der Waals surface area contributed by atoms with Crippen LogP contribution in [0, 0.1) is 11.8 Å². The molecule has 5 rings (SSSR count). The minimum absolute atomic E-state index is 0.108. The number of rotatable bonds is 1. The third-order valence-corrected chi connectivity index (χ3v) is 5.99. The highest BCUT2D eigenvalue weighted by Crippen LogP contribution is 2.53. The van der Waals surface area contributed by atoms with E-state index in [1.54, 1.807) is 0 Å². The van der Waals surface area contributed by atoms with Crippen molar-refractivity contribution in [2.24, 2.45) is 11.8 Å². The van der Waals surface area contributed by atoms with Crippen LogP contribution in [0.2, 0.25) is 0 Å². The molecule has 2 bridgehead atoms. The molecule has 0 amide bonds. The summed E-state index contributed by atoms with van der Waals surface area (Å²) in [5.41, 5.74) is 0. The van der Waals surface area contributed by atoms with Gasteiger partial charge in [0.15, 0.2) is 5.79 Å². The Labute approximate surface area is 130 Å². The van der Waals surface area contributed by atoms with Gasteiger partial charge in [0.05, 0.1) is 39.1 Å². The highest BCUT2D eigenvalue weighted by Gasteiger charge is 2.62. The van der Waals surface area contributed by atoms with Gasteiger partial charge in [-0.3, -0.25) is 0 Å². The normalized spacial score (nSPS) is 45.8. The van der Waals surface area contributed by atoms with Crippen LogP contribution in [0.1, 0.15) is 32.1 Å². The summed E-state index contributed by atoms with van der Waals surface area (Å²) in [5, 5.41) is 0. The van der Waals surface area contributed by atoms with E-state index in [1.165, 1.54) is 12.8 Å². The summed E-state index contributed by atoms with van der Waals surface area (Å²) >= 11 is 0. The maximum absolute atomic E-state index is 6.12. The van der Waals surface area contributed by atoms with Gasteiger partial charge in [-0.05, 0) is 12.8 Å². The van der Waals surface area contributed by atoms with Crippen LogP contribution < -0.4 is 0 Å². The number of hydrogen-bond donors (Lipinski definition) is 0. The fourth-order valence-electron chi connectivity index (χ4n) is 5.07. The quantitative estimate of drug-likeness (QED) is 0.730. The van der Waals surface area contributed by atoms with Crippen molar-refractivity contribution in [3.8, 4) is 0 Å². The molecule has 2 spiro atoms. The van der Waals surface area contributed by atoms with E-state index in [0.29, 0.717) is 44.9 Å². The van der Waals surface area contributed by atoms with Crippen LogP contribution >= 0.6 is 0 Å². The van der Waals surface area contributed by atoms with E-state index >= 15 is 0 Å². The van der Waals surface area contributed by atoms with Crippen molar-refractivity contribution in [2.75, 3.05) is 33.0 Å². The van der Waals surface area contributed by atoms with Gasteiger partial charge in [0.2, 0.25) is 12.1 Å². The second-order valence-electron chi connectivity index (χ2n) is 7.08. The van der Waals surface area contributed by atoms with E-state index in [9.17, 15) is 0 Å². The van der Waals surface area contributed by atoms with Crippen molar-refractivity contribution in [2.45, 2.75) is 56.1 Å². The molecular formula is C16H24O6. The maximum atomic E-state index is 6.12. The summed E-state index contributed by atoms with van der Waals surface area (Å²) in [4.78, 5) is 0. The van der Waals surface area contributed by atoms with Crippen molar-refractivity contribution < 1.29 is 28.4 Å². The van der Waals surface area contributed by atoms with Crippen molar-refractivity contribution >= 4 is 0 Å². The van der Waals surface area contributed by atoms with Gasteiger partial charge in [0, 0.05) is 24.7 Å². The molecule has 0 radical (unpaired) electrons. The Morgan fingerprint density at radius 1 is 0.818 bits per heavy atom. The molecular weight excluding hydrogens is 288 g/mol. The van der Waals surface area contributed by atoms with E-state index in [-0.39, 0.29) is 12.4 Å². The van der Waals surface area contributed by atoms with Crippen LogP contribution in [0.4, 0.5) is 0 Å². The predicted molar refractivity (Wildman–Crippen MR) is 73.9 cm³/mol. The minimum atomic E-state index is -0.713. The SMILES string of the molecule is C1CCC2(OCCO2)C([C@H]2CC3(OCCO3)[C@@H]3OC[C@H]2O3)C1. The molecule has 6 nitrogen and oxygen atoms in total. The van der Waals surface area contributed by atoms with Crippen molar-refractivity contribution in [3.05, 3.63) is 0 Å². The van der Waals surface area contributed by atoms with Crippen LogP contribution in [0.5, 0.6) is 0 Å². The number of fused-ring (bicyclic) bond motifs is 3. The summed E-state index contributed by atoms with van der Waals surface area (Å²) in [7, 11) is 0. The van der Waals surface area contributed by atoms with Crippen molar-refractivity contribution in [3.63, 3.8) is 0 Å². The molecule has 1 unspecified atom stereocenters. The van der Waals surface area contributed by atoms with E-state index in [2.05, 4.69) is 0 Å². The molecule has 0 aromatic carbocycles. The highest BCUT2D eigenvalue weighted by atomic mass is 16.8. The summed E-state index contributed by atoms with van der Waals surface area (Å²) in [6.07, 6.45) is 5.05. The first kappa shape index (κ1) is 14.1. The van der Waals surface area contributed by atoms with Gasteiger partial charge in [-0.2, -0.15) is 0 Å². The Morgan fingerprint density at radius 3 is 2.32 bits per heavy atom. The summed E-state index contributed by atoms with van der Waals surface area (Å²) in [6.45, 7) is 3.25. The first-order chi connectivity index (χ1) is 10.8. The first-order valence-electron chi connectivity index (χ1n) is 8.64. The summed E-state index contributed by atoms with van der Waals surface area (Å²) in [6, 6.07) is 0. The van der Waals surface area contributed by atoms with E-state index in [4.69, 9.17) is 28.4 Å². The standard InChI is InChI=1S/C16H24O6/c1-2-4-15(18-5-6-19-15)12(3-1)11-9-16(20-7-8-21-16)14-17-10-13(11)22-14/h11-14H,1-10H2/t11-,12?,13-,14-/m1/s1. The molecule has 0 aromatic heterocycles. The monoisotopic (exact) mass is 312 g/mol. The maximum Gasteiger partial charge on any atom is 0.221 e. The lowest BCUT2D eigenvalue weighted by Gasteiger charge is -2.48. The topological polar surface area (TPSA) is 55.4 Å². The number of hydrogen-bond acceptors (Lipinski definition) is 6. The zero-order valence-electron chi connectivity index (χ0n) is 12.8. The molecule has 4 atom stereocenters. The Balaban J connectivity index is 1.45. The van der Waals surface area contributed by atoms with Gasteiger partial charge in [-0.15, -0.1) is 0 Å². The molecule has 22 heavy (non-hydrogen) atoms. The molecule has 6 heteroatoms. The van der Waals surface area contributed by atoms with Crippen LogP contribution in [0.3, 0.4) is 0 Å². The molecule has 4 heterocycles. The minimum Gasteiger partial charge on any atom is -0.347 e. The Kier molecular flexibility index (Phi) is 3.29. The second-order valence-corrected chi connectivity index (χ2v) is 7.08. The molecule has 124 valence electrons. The fraction of sp³-hybridized carbons (Fsp3) is 1.00. The highest BCUT2D eigenvalue weighted by molar-refractivity contribution is 5.01. The van der Waals surface area contributed by atoms with Crippen LogP contribution in [-0.2, 0) is 28.4 Å². The molecule has 0 aromatic rings. The first-order valence-corrected chi connectivity index (χ1v) is 8.64. The van der Waals surface area contributed by atoms with Crippen LogP contribution in [0.15, 0.2) is 0 Å². The number of ether oxygens (including phenoxy) is 6. The van der Waals surface area contributed by atoms with Gasteiger partial charge >= 0.3 is 0 Å². The third-order valence-electron chi connectivity index (χ3n) is 5.99. The Bertz CT molecular complexity index is 428. The lowest BCUT2D eigenvalue weighted by Crippen LogP contribution is -2.56. The van der Waals surface area contributed by atoms with Crippen molar-refractivity contribution in [1.82, 2.24) is 0 Å². The predicted octanol–water partition coefficient (Wildman–Crippen LogP) is 1.42. The van der Waals surface area contributed by atoms with Gasteiger partial charge in [-0.25, -0.2) is 0 Å². The van der Waals surface area contributed by atoms with Gasteiger partial charge < -0.3 is 28.4 Å². The zero-order chi connectivity index (χ0) is 14.6.